The van der Waals surface area contributed by atoms with Crippen LogP contribution in [0.25, 0.3) is 0 Å². The van der Waals surface area contributed by atoms with Gasteiger partial charge in [0.15, 0.2) is 0 Å². The number of nitrogens with zero attached hydrogens (tertiary/aromatic N) is 1. The molecule has 2 heteroatoms. The summed E-state index contributed by atoms with van der Waals surface area (Å²) in [6, 6.07) is 9.98. The van der Waals surface area contributed by atoms with E-state index in [-0.39, 0.29) is 0 Å². The summed E-state index contributed by atoms with van der Waals surface area (Å²) < 4.78 is 0. The van der Waals surface area contributed by atoms with Gasteiger partial charge in [0.25, 0.3) is 0 Å². The first-order chi connectivity index (χ1) is 7.26. The molecule has 1 saturated carbocycles. The Bertz CT molecular complexity index is 350. The highest BCUT2D eigenvalue weighted by molar-refractivity contribution is 6.06. The number of rotatable bonds is 2. The Balaban J connectivity index is 2.33. The van der Waals surface area contributed by atoms with E-state index in [9.17, 15) is 5.11 Å². The fourth-order valence-electron chi connectivity index (χ4n) is 2.40. The molecule has 1 aliphatic carbocycles. The second kappa shape index (κ2) is 4.15. The van der Waals surface area contributed by atoms with E-state index in [1.54, 1.807) is 7.05 Å². The summed E-state index contributed by atoms with van der Waals surface area (Å²) in [5.74, 6) is 0. The average molecular weight is 203 g/mol. The van der Waals surface area contributed by atoms with Crippen LogP contribution in [0, 0.1) is 0 Å². The lowest BCUT2D eigenvalue weighted by Gasteiger charge is -2.24. The second-order valence-electron chi connectivity index (χ2n) is 4.18. The summed E-state index contributed by atoms with van der Waals surface area (Å²) in [7, 11) is 1.76. The molecule has 0 unspecified atom stereocenters. The molecule has 1 fully saturated rings. The zero-order valence-corrected chi connectivity index (χ0v) is 9.11. The zero-order chi connectivity index (χ0) is 10.7. The molecule has 1 aromatic rings. The van der Waals surface area contributed by atoms with Crippen LogP contribution in [-0.4, -0.2) is 23.5 Å². The van der Waals surface area contributed by atoms with Crippen LogP contribution in [0.5, 0.6) is 0 Å². The van der Waals surface area contributed by atoms with Gasteiger partial charge in [-0.2, -0.15) is 0 Å². The SMILES string of the molecule is CN=C(c1ccccc1)C1(O)CCCC1. The minimum atomic E-state index is -0.684. The number of hydrogen-bond donors (Lipinski definition) is 1. The van der Waals surface area contributed by atoms with E-state index >= 15 is 0 Å². The molecule has 0 saturated heterocycles. The fourth-order valence-corrected chi connectivity index (χ4v) is 2.40. The van der Waals surface area contributed by atoms with Gasteiger partial charge >= 0.3 is 0 Å². The lowest BCUT2D eigenvalue weighted by molar-refractivity contribution is 0.121. The Morgan fingerprint density at radius 3 is 2.33 bits per heavy atom. The second-order valence-corrected chi connectivity index (χ2v) is 4.18. The Labute approximate surface area is 90.7 Å². The Hall–Kier alpha value is -1.15. The van der Waals surface area contributed by atoms with Crippen LogP contribution in [0.15, 0.2) is 35.3 Å². The zero-order valence-electron chi connectivity index (χ0n) is 9.11. The molecule has 0 heterocycles. The lowest BCUT2D eigenvalue weighted by atomic mass is 9.90. The van der Waals surface area contributed by atoms with E-state index in [1.807, 2.05) is 30.3 Å². The maximum atomic E-state index is 10.5. The van der Waals surface area contributed by atoms with Gasteiger partial charge in [-0.3, -0.25) is 4.99 Å². The molecule has 0 aliphatic heterocycles. The third-order valence-electron chi connectivity index (χ3n) is 3.14. The molecule has 0 aromatic heterocycles. The number of benzene rings is 1. The van der Waals surface area contributed by atoms with Crippen molar-refractivity contribution in [1.29, 1.82) is 0 Å². The first-order valence-corrected chi connectivity index (χ1v) is 5.51. The smallest absolute Gasteiger partial charge is 0.107 e. The minimum Gasteiger partial charge on any atom is -0.384 e. The summed E-state index contributed by atoms with van der Waals surface area (Å²) in [6.07, 6.45) is 3.88. The van der Waals surface area contributed by atoms with Crippen molar-refractivity contribution in [3.63, 3.8) is 0 Å². The normalized spacial score (nSPS) is 20.5. The Morgan fingerprint density at radius 2 is 1.80 bits per heavy atom. The highest BCUT2D eigenvalue weighted by atomic mass is 16.3. The number of aliphatic imine (C=N–C) groups is 1. The van der Waals surface area contributed by atoms with E-state index in [0.29, 0.717) is 0 Å². The van der Waals surface area contributed by atoms with Crippen molar-refractivity contribution in [3.8, 4) is 0 Å². The fraction of sp³-hybridized carbons (Fsp3) is 0.462. The first-order valence-electron chi connectivity index (χ1n) is 5.51. The Morgan fingerprint density at radius 1 is 1.20 bits per heavy atom. The van der Waals surface area contributed by atoms with Crippen molar-refractivity contribution in [2.24, 2.45) is 4.99 Å². The van der Waals surface area contributed by atoms with E-state index in [2.05, 4.69) is 4.99 Å². The van der Waals surface area contributed by atoms with Crippen LogP contribution in [0.2, 0.25) is 0 Å². The topological polar surface area (TPSA) is 32.6 Å². The molecule has 2 nitrogen and oxygen atoms in total. The van der Waals surface area contributed by atoms with Crippen molar-refractivity contribution < 1.29 is 5.11 Å². The largest absolute Gasteiger partial charge is 0.384 e. The van der Waals surface area contributed by atoms with Gasteiger partial charge in [-0.1, -0.05) is 43.2 Å². The molecule has 80 valence electrons. The van der Waals surface area contributed by atoms with Gasteiger partial charge in [-0.15, -0.1) is 0 Å². The summed E-state index contributed by atoms with van der Waals surface area (Å²) in [5.41, 5.74) is 1.21. The third-order valence-corrected chi connectivity index (χ3v) is 3.14. The van der Waals surface area contributed by atoms with Gasteiger partial charge < -0.3 is 5.11 Å². The first kappa shape index (κ1) is 10.4. The molecule has 0 radical (unpaired) electrons. The van der Waals surface area contributed by atoms with Crippen molar-refractivity contribution in [3.05, 3.63) is 35.9 Å². The predicted octanol–water partition coefficient (Wildman–Crippen LogP) is 2.41. The summed E-state index contributed by atoms with van der Waals surface area (Å²) in [4.78, 5) is 4.28. The highest BCUT2D eigenvalue weighted by Gasteiger charge is 2.36. The van der Waals surface area contributed by atoms with Crippen LogP contribution in [-0.2, 0) is 0 Å². The standard InChI is InChI=1S/C13H17NO/c1-14-12(11-7-3-2-4-8-11)13(15)9-5-6-10-13/h2-4,7-8,15H,5-6,9-10H2,1H3. The molecular weight excluding hydrogens is 186 g/mol. The van der Waals surface area contributed by atoms with Crippen molar-refractivity contribution in [2.75, 3.05) is 7.05 Å². The van der Waals surface area contributed by atoms with Gasteiger partial charge in [0.05, 0.1) is 5.71 Å². The van der Waals surface area contributed by atoms with Crippen LogP contribution in [0.3, 0.4) is 0 Å². The van der Waals surface area contributed by atoms with Crippen LogP contribution in [0.1, 0.15) is 31.2 Å². The van der Waals surface area contributed by atoms with E-state index in [1.165, 1.54) is 0 Å². The maximum Gasteiger partial charge on any atom is 0.107 e. The van der Waals surface area contributed by atoms with Crippen LogP contribution < -0.4 is 0 Å². The number of aliphatic hydroxyl groups is 1. The van der Waals surface area contributed by atoms with Gasteiger partial charge in [-0.05, 0) is 18.4 Å². The van der Waals surface area contributed by atoms with Gasteiger partial charge in [0.2, 0.25) is 0 Å². The predicted molar refractivity (Wildman–Crippen MR) is 62.3 cm³/mol. The summed E-state index contributed by atoms with van der Waals surface area (Å²) in [6.45, 7) is 0. The average Bonchev–Trinajstić information content (AvgIpc) is 2.68. The Kier molecular flexibility index (Phi) is 2.87. The maximum absolute atomic E-state index is 10.5. The van der Waals surface area contributed by atoms with Gasteiger partial charge in [0, 0.05) is 7.05 Å². The van der Waals surface area contributed by atoms with E-state index in [4.69, 9.17) is 0 Å². The van der Waals surface area contributed by atoms with Crippen molar-refractivity contribution >= 4 is 5.71 Å². The van der Waals surface area contributed by atoms with Crippen LogP contribution >= 0.6 is 0 Å². The summed E-state index contributed by atoms with van der Waals surface area (Å²) >= 11 is 0. The monoisotopic (exact) mass is 203 g/mol. The number of hydrogen-bond acceptors (Lipinski definition) is 2. The molecule has 15 heavy (non-hydrogen) atoms. The van der Waals surface area contributed by atoms with Gasteiger partial charge in [0.1, 0.15) is 5.60 Å². The van der Waals surface area contributed by atoms with Crippen LogP contribution in [0.4, 0.5) is 0 Å². The lowest BCUT2D eigenvalue weighted by Crippen LogP contribution is -2.36. The highest BCUT2D eigenvalue weighted by Crippen LogP contribution is 2.32. The molecule has 0 spiro atoms. The minimum absolute atomic E-state index is 0.684. The molecule has 0 amide bonds. The molecular formula is C13H17NO. The summed E-state index contributed by atoms with van der Waals surface area (Å²) in [5, 5.41) is 10.5. The third kappa shape index (κ3) is 1.95. The van der Waals surface area contributed by atoms with E-state index in [0.717, 1.165) is 37.0 Å². The molecule has 1 N–H and O–H groups in total. The van der Waals surface area contributed by atoms with Crippen molar-refractivity contribution in [1.82, 2.24) is 0 Å². The molecule has 1 aromatic carbocycles. The molecule has 0 atom stereocenters. The van der Waals surface area contributed by atoms with Gasteiger partial charge in [-0.25, -0.2) is 0 Å². The molecule has 2 rings (SSSR count). The molecule has 1 aliphatic rings. The van der Waals surface area contributed by atoms with E-state index < -0.39 is 5.60 Å². The van der Waals surface area contributed by atoms with Crippen molar-refractivity contribution in [2.45, 2.75) is 31.3 Å². The molecule has 0 bridgehead atoms. The quantitative estimate of drug-likeness (QED) is 0.735.